The highest BCUT2D eigenvalue weighted by molar-refractivity contribution is 5.05. The Morgan fingerprint density at radius 1 is 1.14 bits per heavy atom. The summed E-state index contributed by atoms with van der Waals surface area (Å²) < 4.78 is 10.8. The second-order valence-corrected chi connectivity index (χ2v) is 5.26. The SMILES string of the molecule is CC(C)(N)C1(C2CCOCC2)COC1. The van der Waals surface area contributed by atoms with Crippen molar-refractivity contribution < 1.29 is 9.47 Å². The van der Waals surface area contributed by atoms with Gasteiger partial charge in [-0.2, -0.15) is 0 Å². The van der Waals surface area contributed by atoms with Crippen LogP contribution in [0.15, 0.2) is 0 Å². The monoisotopic (exact) mass is 199 g/mol. The molecule has 0 aromatic rings. The molecule has 0 aromatic heterocycles. The van der Waals surface area contributed by atoms with Crippen molar-refractivity contribution >= 4 is 0 Å². The molecule has 82 valence electrons. The maximum atomic E-state index is 6.29. The van der Waals surface area contributed by atoms with Gasteiger partial charge >= 0.3 is 0 Å². The molecular formula is C11H21NO2. The van der Waals surface area contributed by atoms with E-state index in [1.54, 1.807) is 0 Å². The fourth-order valence-electron chi connectivity index (χ4n) is 2.71. The van der Waals surface area contributed by atoms with Crippen LogP contribution in [0.4, 0.5) is 0 Å². The maximum Gasteiger partial charge on any atom is 0.0565 e. The van der Waals surface area contributed by atoms with Gasteiger partial charge in [-0.1, -0.05) is 0 Å². The molecule has 2 fully saturated rings. The standard InChI is InChI=1S/C11H21NO2/c1-10(2,12)11(7-14-8-11)9-3-5-13-6-4-9/h9H,3-8,12H2,1-2H3. The zero-order chi connectivity index (χ0) is 10.2. The Labute approximate surface area is 85.9 Å². The number of hydrogen-bond acceptors (Lipinski definition) is 3. The lowest BCUT2D eigenvalue weighted by Gasteiger charge is -2.56. The average Bonchev–Trinajstić information content (AvgIpc) is 2.01. The topological polar surface area (TPSA) is 44.5 Å². The first-order valence-electron chi connectivity index (χ1n) is 5.51. The van der Waals surface area contributed by atoms with E-state index < -0.39 is 0 Å². The lowest BCUT2D eigenvalue weighted by molar-refractivity contribution is -0.193. The van der Waals surface area contributed by atoms with Crippen molar-refractivity contribution in [1.82, 2.24) is 0 Å². The van der Waals surface area contributed by atoms with Crippen molar-refractivity contribution in [1.29, 1.82) is 0 Å². The van der Waals surface area contributed by atoms with Crippen LogP contribution in [0.5, 0.6) is 0 Å². The molecule has 0 saturated carbocycles. The van der Waals surface area contributed by atoms with Crippen LogP contribution in [-0.2, 0) is 9.47 Å². The average molecular weight is 199 g/mol. The Kier molecular flexibility index (Phi) is 2.58. The quantitative estimate of drug-likeness (QED) is 0.726. The molecule has 2 aliphatic rings. The minimum Gasteiger partial charge on any atom is -0.381 e. The third-order valence-electron chi connectivity index (χ3n) is 4.01. The molecule has 0 unspecified atom stereocenters. The minimum atomic E-state index is -0.132. The minimum absolute atomic E-state index is 0.132. The van der Waals surface area contributed by atoms with E-state index in [0.717, 1.165) is 39.3 Å². The van der Waals surface area contributed by atoms with Crippen molar-refractivity contribution in [2.24, 2.45) is 17.1 Å². The summed E-state index contributed by atoms with van der Waals surface area (Å²) in [5.74, 6) is 0.685. The smallest absolute Gasteiger partial charge is 0.0565 e. The molecule has 2 aliphatic heterocycles. The molecule has 0 aromatic carbocycles. The number of rotatable bonds is 2. The maximum absolute atomic E-state index is 6.29. The van der Waals surface area contributed by atoms with Gasteiger partial charge in [-0.3, -0.25) is 0 Å². The summed E-state index contributed by atoms with van der Waals surface area (Å²) in [4.78, 5) is 0. The molecule has 3 heteroatoms. The van der Waals surface area contributed by atoms with Crippen LogP contribution in [0.1, 0.15) is 26.7 Å². The van der Waals surface area contributed by atoms with Gasteiger partial charge in [0, 0.05) is 24.2 Å². The highest BCUT2D eigenvalue weighted by Crippen LogP contribution is 2.47. The van der Waals surface area contributed by atoms with Crippen molar-refractivity contribution in [3.63, 3.8) is 0 Å². The van der Waals surface area contributed by atoms with E-state index in [4.69, 9.17) is 15.2 Å². The lowest BCUT2D eigenvalue weighted by Crippen LogP contribution is -2.65. The summed E-state index contributed by atoms with van der Waals surface area (Å²) in [5.41, 5.74) is 6.36. The zero-order valence-electron chi connectivity index (χ0n) is 9.21. The fourth-order valence-corrected chi connectivity index (χ4v) is 2.71. The molecule has 14 heavy (non-hydrogen) atoms. The molecule has 2 saturated heterocycles. The Bertz CT molecular complexity index is 200. The largest absolute Gasteiger partial charge is 0.381 e. The fraction of sp³-hybridized carbons (Fsp3) is 1.00. The summed E-state index contributed by atoms with van der Waals surface area (Å²) in [6, 6.07) is 0. The van der Waals surface area contributed by atoms with E-state index >= 15 is 0 Å². The molecule has 0 amide bonds. The molecule has 0 atom stereocenters. The van der Waals surface area contributed by atoms with Gasteiger partial charge in [0.05, 0.1) is 13.2 Å². The van der Waals surface area contributed by atoms with Crippen molar-refractivity contribution in [2.45, 2.75) is 32.2 Å². The van der Waals surface area contributed by atoms with Crippen molar-refractivity contribution in [3.05, 3.63) is 0 Å². The predicted molar refractivity (Wildman–Crippen MR) is 55.1 cm³/mol. The second kappa shape index (κ2) is 3.47. The Balaban J connectivity index is 2.11. The highest BCUT2D eigenvalue weighted by Gasteiger charge is 2.53. The molecule has 0 radical (unpaired) electrons. The molecule has 2 rings (SSSR count). The van der Waals surface area contributed by atoms with Gasteiger partial charge < -0.3 is 15.2 Å². The van der Waals surface area contributed by atoms with Gasteiger partial charge in [0.1, 0.15) is 0 Å². The first-order chi connectivity index (χ1) is 6.56. The normalized spacial score (nSPS) is 28.5. The van der Waals surface area contributed by atoms with Crippen LogP contribution < -0.4 is 5.73 Å². The Morgan fingerprint density at radius 2 is 1.71 bits per heavy atom. The van der Waals surface area contributed by atoms with Crippen LogP contribution in [0.25, 0.3) is 0 Å². The second-order valence-electron chi connectivity index (χ2n) is 5.26. The van der Waals surface area contributed by atoms with Gasteiger partial charge in [0.25, 0.3) is 0 Å². The molecule has 2 N–H and O–H groups in total. The Hall–Kier alpha value is -0.120. The Morgan fingerprint density at radius 3 is 2.07 bits per heavy atom. The van der Waals surface area contributed by atoms with Crippen LogP contribution in [0.2, 0.25) is 0 Å². The summed E-state index contributed by atoms with van der Waals surface area (Å²) in [6.45, 7) is 7.71. The van der Waals surface area contributed by atoms with Crippen LogP contribution in [0, 0.1) is 11.3 Å². The molecule has 2 heterocycles. The van der Waals surface area contributed by atoms with Crippen LogP contribution in [-0.4, -0.2) is 32.0 Å². The van der Waals surface area contributed by atoms with E-state index in [1.807, 2.05) is 0 Å². The van der Waals surface area contributed by atoms with E-state index in [0.29, 0.717) is 5.92 Å². The summed E-state index contributed by atoms with van der Waals surface area (Å²) in [5, 5.41) is 0. The predicted octanol–water partition coefficient (Wildman–Crippen LogP) is 1.17. The number of hydrogen-bond donors (Lipinski definition) is 1. The van der Waals surface area contributed by atoms with Gasteiger partial charge in [-0.25, -0.2) is 0 Å². The first-order valence-corrected chi connectivity index (χ1v) is 5.51. The summed E-state index contributed by atoms with van der Waals surface area (Å²) in [7, 11) is 0. The summed E-state index contributed by atoms with van der Waals surface area (Å²) in [6.07, 6.45) is 2.29. The van der Waals surface area contributed by atoms with Gasteiger partial charge in [-0.15, -0.1) is 0 Å². The highest BCUT2D eigenvalue weighted by atomic mass is 16.5. The molecular weight excluding hydrogens is 178 g/mol. The molecule has 0 spiro atoms. The third-order valence-corrected chi connectivity index (χ3v) is 4.01. The van der Waals surface area contributed by atoms with Gasteiger partial charge in [0.15, 0.2) is 0 Å². The van der Waals surface area contributed by atoms with E-state index in [9.17, 15) is 0 Å². The van der Waals surface area contributed by atoms with Crippen LogP contribution >= 0.6 is 0 Å². The number of ether oxygens (including phenoxy) is 2. The lowest BCUT2D eigenvalue weighted by atomic mass is 9.60. The third kappa shape index (κ3) is 1.47. The van der Waals surface area contributed by atoms with Gasteiger partial charge in [0.2, 0.25) is 0 Å². The molecule has 0 aliphatic carbocycles. The molecule has 3 nitrogen and oxygen atoms in total. The van der Waals surface area contributed by atoms with Crippen molar-refractivity contribution in [2.75, 3.05) is 26.4 Å². The van der Waals surface area contributed by atoms with Gasteiger partial charge in [-0.05, 0) is 32.6 Å². The zero-order valence-corrected chi connectivity index (χ0v) is 9.21. The first kappa shape index (κ1) is 10.4. The van der Waals surface area contributed by atoms with Crippen LogP contribution in [0.3, 0.4) is 0 Å². The summed E-state index contributed by atoms with van der Waals surface area (Å²) >= 11 is 0. The number of nitrogens with two attached hydrogens (primary N) is 1. The van der Waals surface area contributed by atoms with Crippen molar-refractivity contribution in [3.8, 4) is 0 Å². The van der Waals surface area contributed by atoms with E-state index in [-0.39, 0.29) is 11.0 Å². The molecule has 0 bridgehead atoms. The van der Waals surface area contributed by atoms with E-state index in [1.165, 1.54) is 0 Å². The van der Waals surface area contributed by atoms with E-state index in [2.05, 4.69) is 13.8 Å².